The van der Waals surface area contributed by atoms with E-state index in [1.807, 2.05) is 4.90 Å². The van der Waals surface area contributed by atoms with Crippen LogP contribution >= 0.6 is 11.5 Å². The molecule has 0 bridgehead atoms. The van der Waals surface area contributed by atoms with E-state index in [-0.39, 0.29) is 24.1 Å². The smallest absolute Gasteiger partial charge is 0.373 e. The molecule has 10 nitrogen and oxygen atoms in total. The van der Waals surface area contributed by atoms with Crippen LogP contribution in [0.5, 0.6) is 0 Å². The quantitative estimate of drug-likeness (QED) is 0.597. The summed E-state index contributed by atoms with van der Waals surface area (Å²) in [6.45, 7) is 1.43. The second-order valence-corrected chi connectivity index (χ2v) is 9.17. The summed E-state index contributed by atoms with van der Waals surface area (Å²) in [4.78, 5) is 13.8. The molecule has 0 radical (unpaired) electrons. The molecule has 4 rings (SSSR count). The fourth-order valence-corrected chi connectivity index (χ4v) is 4.11. The number of fused-ring (bicyclic) bond motifs is 1. The Morgan fingerprint density at radius 2 is 2.13 bits per heavy atom. The Kier molecular flexibility index (Phi) is 5.37. The van der Waals surface area contributed by atoms with Gasteiger partial charge in [-0.15, -0.1) is 0 Å². The van der Waals surface area contributed by atoms with Crippen molar-refractivity contribution in [1.29, 1.82) is 0 Å². The largest absolute Gasteiger partial charge is 0.434 e. The molecule has 15 heteroatoms. The first kappa shape index (κ1) is 20.9. The first-order valence-corrected chi connectivity index (χ1v) is 11.3. The number of halogens is 3. The zero-order valence-corrected chi connectivity index (χ0v) is 17.1. The zero-order chi connectivity index (χ0) is 21.5. The summed E-state index contributed by atoms with van der Waals surface area (Å²) in [5.74, 6) is 0.235. The number of hydrogen-bond acceptors (Lipinski definition) is 9. The standard InChI is InChI=1S/C15H16F3N7O3S2/c1-30(26,27)21-4-9-7-24(2-3-28-9)14-22-13(23-29-14)10-5-20-12-6-19-11(8-25(10)12)15(16,17)18/h5-6,8-9,21H,2-4,7H2,1H3/t9-/m1/s1. The molecule has 1 aliphatic heterocycles. The molecule has 1 aliphatic rings. The van der Waals surface area contributed by atoms with Gasteiger partial charge in [-0.1, -0.05) is 0 Å². The average molecular weight is 463 g/mol. The van der Waals surface area contributed by atoms with Crippen LogP contribution in [0.3, 0.4) is 0 Å². The molecule has 30 heavy (non-hydrogen) atoms. The summed E-state index contributed by atoms with van der Waals surface area (Å²) in [5, 5.41) is 0.553. The maximum Gasteiger partial charge on any atom is 0.434 e. The molecule has 1 saturated heterocycles. The molecule has 0 unspecified atom stereocenters. The summed E-state index contributed by atoms with van der Waals surface area (Å²) >= 11 is 1.09. The van der Waals surface area contributed by atoms with E-state index in [0.717, 1.165) is 30.2 Å². The Morgan fingerprint density at radius 3 is 2.87 bits per heavy atom. The second kappa shape index (κ2) is 7.72. The molecule has 3 aromatic heterocycles. The van der Waals surface area contributed by atoms with Crippen molar-refractivity contribution in [1.82, 2.24) is 28.4 Å². The van der Waals surface area contributed by atoms with Gasteiger partial charge in [0.15, 0.2) is 17.2 Å². The molecule has 1 N–H and O–H groups in total. The summed E-state index contributed by atoms with van der Waals surface area (Å²) in [7, 11) is -3.33. The van der Waals surface area contributed by atoms with Crippen molar-refractivity contribution in [3.63, 3.8) is 0 Å². The molecule has 0 aromatic carbocycles. The Balaban J connectivity index is 1.55. The topological polar surface area (TPSA) is 115 Å². The Morgan fingerprint density at radius 1 is 1.33 bits per heavy atom. The minimum absolute atomic E-state index is 0.126. The Hall–Kier alpha value is -2.36. The van der Waals surface area contributed by atoms with Gasteiger partial charge in [0, 0.05) is 37.4 Å². The van der Waals surface area contributed by atoms with Gasteiger partial charge in [0.25, 0.3) is 0 Å². The molecule has 1 atom stereocenters. The number of aromatic nitrogens is 5. The summed E-state index contributed by atoms with van der Waals surface area (Å²) < 4.78 is 75.0. The summed E-state index contributed by atoms with van der Waals surface area (Å²) in [6, 6.07) is 0. The van der Waals surface area contributed by atoms with Crippen LogP contribution in [0.25, 0.3) is 17.2 Å². The van der Waals surface area contributed by atoms with E-state index >= 15 is 0 Å². The first-order chi connectivity index (χ1) is 14.1. The third kappa shape index (κ3) is 4.53. The highest BCUT2D eigenvalue weighted by Gasteiger charge is 2.33. The van der Waals surface area contributed by atoms with Crippen molar-refractivity contribution in [2.45, 2.75) is 12.3 Å². The number of nitrogens with zero attached hydrogens (tertiary/aromatic N) is 6. The van der Waals surface area contributed by atoms with E-state index in [1.165, 1.54) is 10.6 Å². The van der Waals surface area contributed by atoms with E-state index < -0.39 is 21.9 Å². The van der Waals surface area contributed by atoms with Gasteiger partial charge in [-0.25, -0.2) is 23.1 Å². The molecule has 0 saturated carbocycles. The van der Waals surface area contributed by atoms with Crippen molar-refractivity contribution < 1.29 is 26.3 Å². The van der Waals surface area contributed by atoms with E-state index in [4.69, 9.17) is 4.74 Å². The average Bonchev–Trinajstić information content (AvgIpc) is 3.31. The normalized spacial score (nSPS) is 18.3. The van der Waals surface area contributed by atoms with Gasteiger partial charge in [0.1, 0.15) is 5.69 Å². The number of hydrogen-bond donors (Lipinski definition) is 1. The van der Waals surface area contributed by atoms with Crippen LogP contribution in [-0.2, 0) is 20.9 Å². The van der Waals surface area contributed by atoms with Gasteiger partial charge in [-0.05, 0) is 0 Å². The molecule has 3 aromatic rings. The van der Waals surface area contributed by atoms with Crippen molar-refractivity contribution >= 4 is 32.3 Å². The number of alkyl halides is 3. The lowest BCUT2D eigenvalue weighted by molar-refractivity contribution is -0.141. The fourth-order valence-electron chi connectivity index (χ4n) is 2.91. The SMILES string of the molecule is CS(=O)(=O)NC[C@@H]1CN(c2nc(-c3cnc4cnc(C(F)(F)F)cn34)ns2)CCO1. The molecule has 4 heterocycles. The van der Waals surface area contributed by atoms with Crippen LogP contribution < -0.4 is 9.62 Å². The van der Waals surface area contributed by atoms with Gasteiger partial charge >= 0.3 is 6.18 Å². The van der Waals surface area contributed by atoms with Gasteiger partial charge in [0.05, 0.1) is 31.4 Å². The van der Waals surface area contributed by atoms with E-state index in [1.54, 1.807) is 0 Å². The van der Waals surface area contributed by atoms with Crippen molar-refractivity contribution in [3.8, 4) is 11.5 Å². The van der Waals surface area contributed by atoms with Crippen LogP contribution in [0.15, 0.2) is 18.6 Å². The number of morpholine rings is 1. The molecular formula is C15H16F3N7O3S2. The lowest BCUT2D eigenvalue weighted by Crippen LogP contribution is -2.47. The van der Waals surface area contributed by atoms with Crippen LogP contribution in [-0.4, -0.2) is 70.7 Å². The van der Waals surface area contributed by atoms with E-state index in [0.29, 0.717) is 30.5 Å². The van der Waals surface area contributed by atoms with E-state index in [2.05, 4.69) is 24.0 Å². The maximum absolute atomic E-state index is 13.0. The monoisotopic (exact) mass is 463 g/mol. The Bertz CT molecular complexity index is 1160. The molecular weight excluding hydrogens is 447 g/mol. The molecule has 0 amide bonds. The lowest BCUT2D eigenvalue weighted by Gasteiger charge is -2.32. The zero-order valence-electron chi connectivity index (χ0n) is 15.5. The first-order valence-electron chi connectivity index (χ1n) is 8.66. The highest BCUT2D eigenvalue weighted by atomic mass is 32.2. The number of ether oxygens (including phenoxy) is 1. The molecule has 0 aliphatic carbocycles. The molecule has 0 spiro atoms. The predicted molar refractivity (Wildman–Crippen MR) is 102 cm³/mol. The van der Waals surface area contributed by atoms with Crippen molar-refractivity contribution in [2.75, 3.05) is 37.4 Å². The Labute approximate surface area is 172 Å². The second-order valence-electron chi connectivity index (χ2n) is 6.60. The fraction of sp³-hybridized carbons (Fsp3) is 0.467. The van der Waals surface area contributed by atoms with Crippen molar-refractivity contribution in [3.05, 3.63) is 24.3 Å². The predicted octanol–water partition coefficient (Wildman–Crippen LogP) is 1.02. The van der Waals surface area contributed by atoms with Crippen LogP contribution in [0.4, 0.5) is 18.3 Å². The molecule has 1 fully saturated rings. The third-order valence-electron chi connectivity index (χ3n) is 4.31. The highest BCUT2D eigenvalue weighted by molar-refractivity contribution is 7.88. The van der Waals surface area contributed by atoms with Crippen LogP contribution in [0.1, 0.15) is 5.69 Å². The third-order valence-corrected chi connectivity index (χ3v) is 5.78. The maximum atomic E-state index is 13.0. The number of sulfonamides is 1. The van der Waals surface area contributed by atoms with Crippen LogP contribution in [0.2, 0.25) is 0 Å². The summed E-state index contributed by atoms with van der Waals surface area (Å²) in [5.41, 5.74) is -0.490. The summed E-state index contributed by atoms with van der Waals surface area (Å²) in [6.07, 6.45) is -0.585. The minimum atomic E-state index is -4.58. The van der Waals surface area contributed by atoms with Gasteiger partial charge < -0.3 is 9.64 Å². The number of anilines is 1. The van der Waals surface area contributed by atoms with Crippen LogP contribution in [0, 0.1) is 0 Å². The number of imidazole rings is 1. The minimum Gasteiger partial charge on any atom is -0.373 e. The van der Waals surface area contributed by atoms with Gasteiger partial charge in [-0.2, -0.15) is 22.5 Å². The van der Waals surface area contributed by atoms with E-state index in [9.17, 15) is 21.6 Å². The lowest BCUT2D eigenvalue weighted by atomic mass is 10.3. The van der Waals surface area contributed by atoms with Gasteiger partial charge in [0.2, 0.25) is 15.2 Å². The highest BCUT2D eigenvalue weighted by Crippen LogP contribution is 2.30. The number of rotatable bonds is 5. The van der Waals surface area contributed by atoms with Crippen molar-refractivity contribution in [2.24, 2.45) is 0 Å². The molecule has 162 valence electrons. The van der Waals surface area contributed by atoms with Gasteiger partial charge in [-0.3, -0.25) is 4.40 Å². The number of nitrogens with one attached hydrogen (secondary N) is 1.